The van der Waals surface area contributed by atoms with Gasteiger partial charge in [-0.15, -0.1) is 22.7 Å². The second kappa shape index (κ2) is 9.04. The summed E-state index contributed by atoms with van der Waals surface area (Å²) in [5, 5.41) is 7.73. The van der Waals surface area contributed by atoms with Crippen LogP contribution < -0.4 is 10.9 Å². The fourth-order valence-corrected chi connectivity index (χ4v) is 5.54. The number of benzene rings is 1. The Bertz CT molecular complexity index is 1330. The third kappa shape index (κ3) is 4.41. The van der Waals surface area contributed by atoms with Gasteiger partial charge in [-0.3, -0.25) is 14.2 Å². The lowest BCUT2D eigenvalue weighted by atomic mass is 10.2. The van der Waals surface area contributed by atoms with Crippen LogP contribution in [0.4, 0.5) is 5.69 Å². The van der Waals surface area contributed by atoms with Crippen LogP contribution in [0.3, 0.4) is 0 Å². The Labute approximate surface area is 189 Å². The minimum Gasteiger partial charge on any atom is -0.465 e. The van der Waals surface area contributed by atoms with Crippen LogP contribution in [0.25, 0.3) is 20.7 Å². The van der Waals surface area contributed by atoms with Crippen molar-refractivity contribution in [2.75, 3.05) is 18.2 Å². The van der Waals surface area contributed by atoms with E-state index >= 15 is 0 Å². The molecule has 0 bridgehead atoms. The molecule has 31 heavy (non-hydrogen) atoms. The van der Waals surface area contributed by atoms with Crippen molar-refractivity contribution in [2.45, 2.75) is 5.16 Å². The highest BCUT2D eigenvalue weighted by Crippen LogP contribution is 2.34. The highest BCUT2D eigenvalue weighted by molar-refractivity contribution is 7.99. The first-order chi connectivity index (χ1) is 15.0. The Balaban J connectivity index is 1.51. The van der Waals surface area contributed by atoms with Gasteiger partial charge in [0.05, 0.1) is 23.8 Å². The number of hydrogen-bond acceptors (Lipinski definition) is 8. The van der Waals surface area contributed by atoms with Gasteiger partial charge in [-0.1, -0.05) is 23.9 Å². The molecule has 1 N–H and O–H groups in total. The summed E-state index contributed by atoms with van der Waals surface area (Å²) in [4.78, 5) is 43.3. The zero-order valence-electron chi connectivity index (χ0n) is 16.6. The van der Waals surface area contributed by atoms with Gasteiger partial charge in [-0.2, -0.15) is 0 Å². The van der Waals surface area contributed by atoms with Gasteiger partial charge in [0.15, 0.2) is 5.16 Å². The maximum absolute atomic E-state index is 13.0. The highest BCUT2D eigenvalue weighted by atomic mass is 32.2. The molecule has 3 aromatic heterocycles. The van der Waals surface area contributed by atoms with E-state index in [1.807, 2.05) is 22.9 Å². The predicted octanol–water partition coefficient (Wildman–Crippen LogP) is 4.24. The smallest absolute Gasteiger partial charge is 0.337 e. The number of nitrogens with zero attached hydrogens (tertiary/aromatic N) is 2. The fraction of sp³-hybridized carbons (Fsp3) is 0.143. The van der Waals surface area contributed by atoms with E-state index in [1.54, 1.807) is 42.6 Å². The van der Waals surface area contributed by atoms with Gasteiger partial charge in [0.1, 0.15) is 4.83 Å². The number of carbonyl (C=O) groups excluding carboxylic acids is 2. The zero-order chi connectivity index (χ0) is 22.0. The van der Waals surface area contributed by atoms with Gasteiger partial charge >= 0.3 is 5.97 Å². The molecule has 0 fully saturated rings. The minimum atomic E-state index is -0.476. The number of esters is 1. The van der Waals surface area contributed by atoms with E-state index < -0.39 is 5.97 Å². The molecule has 1 aromatic carbocycles. The molecule has 0 aliphatic carbocycles. The molecule has 3 heterocycles. The van der Waals surface area contributed by atoms with Crippen LogP contribution in [-0.4, -0.2) is 34.3 Å². The molecule has 0 unspecified atom stereocenters. The van der Waals surface area contributed by atoms with E-state index in [0.29, 0.717) is 26.6 Å². The number of nitrogens with one attached hydrogen (secondary N) is 1. The summed E-state index contributed by atoms with van der Waals surface area (Å²) >= 11 is 4.18. The van der Waals surface area contributed by atoms with E-state index in [4.69, 9.17) is 4.74 Å². The van der Waals surface area contributed by atoms with Crippen LogP contribution >= 0.6 is 34.4 Å². The number of amides is 1. The number of ether oxygens (including phenoxy) is 1. The van der Waals surface area contributed by atoms with Crippen molar-refractivity contribution in [3.63, 3.8) is 0 Å². The monoisotopic (exact) mass is 471 g/mol. The molecule has 0 aliphatic rings. The lowest BCUT2D eigenvalue weighted by Gasteiger charge is -2.09. The van der Waals surface area contributed by atoms with Gasteiger partial charge in [0.25, 0.3) is 5.56 Å². The van der Waals surface area contributed by atoms with E-state index in [1.165, 1.54) is 34.8 Å². The molecule has 10 heteroatoms. The molecule has 158 valence electrons. The molecule has 0 atom stereocenters. The number of anilines is 1. The third-order valence-electron chi connectivity index (χ3n) is 4.46. The van der Waals surface area contributed by atoms with Crippen LogP contribution in [0.2, 0.25) is 0 Å². The van der Waals surface area contributed by atoms with Gasteiger partial charge in [0, 0.05) is 28.6 Å². The lowest BCUT2D eigenvalue weighted by molar-refractivity contribution is -0.113. The summed E-state index contributed by atoms with van der Waals surface area (Å²) in [7, 11) is 2.96. The second-order valence-corrected chi connectivity index (χ2v) is 9.22. The Morgan fingerprint density at radius 3 is 2.81 bits per heavy atom. The van der Waals surface area contributed by atoms with Crippen molar-refractivity contribution in [1.29, 1.82) is 0 Å². The normalized spacial score (nSPS) is 10.9. The van der Waals surface area contributed by atoms with Crippen LogP contribution in [0, 0.1) is 0 Å². The standard InChI is InChI=1S/C21H17N3O4S3/c1-24-19(26)17-14(15-7-4-8-29-15)10-30-18(17)23-21(24)31-11-16(25)22-13-6-3-5-12(9-13)20(27)28-2/h3-10H,11H2,1-2H3,(H,22,25). The largest absolute Gasteiger partial charge is 0.465 e. The average Bonchev–Trinajstić information content (AvgIpc) is 3.44. The number of thioether (sulfide) groups is 1. The lowest BCUT2D eigenvalue weighted by Crippen LogP contribution is -2.21. The number of aromatic nitrogens is 2. The molecule has 4 aromatic rings. The molecule has 4 rings (SSSR count). The Kier molecular flexibility index (Phi) is 6.21. The molecule has 0 radical (unpaired) electrons. The first kappa shape index (κ1) is 21.3. The first-order valence-electron chi connectivity index (χ1n) is 9.11. The zero-order valence-corrected chi connectivity index (χ0v) is 19.0. The average molecular weight is 472 g/mol. The summed E-state index contributed by atoms with van der Waals surface area (Å²) in [6.07, 6.45) is 0. The van der Waals surface area contributed by atoms with Gasteiger partial charge in [-0.25, -0.2) is 9.78 Å². The second-order valence-electron chi connectivity index (χ2n) is 6.47. The molecular formula is C21H17N3O4S3. The number of carbonyl (C=O) groups is 2. The molecule has 0 spiro atoms. The summed E-state index contributed by atoms with van der Waals surface area (Å²) in [6.45, 7) is 0. The molecule has 0 saturated heterocycles. The quantitative estimate of drug-likeness (QED) is 0.257. The first-order valence-corrected chi connectivity index (χ1v) is 11.9. The third-order valence-corrected chi connectivity index (χ3v) is 7.27. The topological polar surface area (TPSA) is 90.3 Å². The van der Waals surface area contributed by atoms with Crippen molar-refractivity contribution in [2.24, 2.45) is 7.05 Å². The number of fused-ring (bicyclic) bond motifs is 1. The van der Waals surface area contributed by atoms with Crippen molar-refractivity contribution < 1.29 is 14.3 Å². The van der Waals surface area contributed by atoms with Crippen molar-refractivity contribution >= 4 is 62.2 Å². The van der Waals surface area contributed by atoms with Gasteiger partial charge in [0.2, 0.25) is 5.91 Å². The number of hydrogen-bond donors (Lipinski definition) is 1. The maximum Gasteiger partial charge on any atom is 0.337 e. The highest BCUT2D eigenvalue weighted by Gasteiger charge is 2.17. The van der Waals surface area contributed by atoms with Gasteiger partial charge < -0.3 is 10.1 Å². The minimum absolute atomic E-state index is 0.0669. The van der Waals surface area contributed by atoms with Crippen molar-refractivity contribution in [1.82, 2.24) is 9.55 Å². The summed E-state index contributed by atoms with van der Waals surface area (Å²) < 4.78 is 6.17. The molecule has 0 aliphatic heterocycles. The van der Waals surface area contributed by atoms with Crippen LogP contribution in [0.5, 0.6) is 0 Å². The SMILES string of the molecule is COC(=O)c1cccc(NC(=O)CSc2nc3scc(-c4cccs4)c3c(=O)n2C)c1. The van der Waals surface area contributed by atoms with Gasteiger partial charge in [-0.05, 0) is 29.6 Å². The number of thiophene rings is 2. The summed E-state index contributed by atoms with van der Waals surface area (Å²) in [5.74, 6) is -0.681. The molecule has 0 saturated carbocycles. The Hall–Kier alpha value is -2.95. The number of rotatable bonds is 6. The number of methoxy groups -OCH3 is 1. The maximum atomic E-state index is 13.0. The van der Waals surface area contributed by atoms with Crippen molar-refractivity contribution in [3.05, 3.63) is 63.1 Å². The molecule has 1 amide bonds. The van der Waals surface area contributed by atoms with Crippen LogP contribution in [-0.2, 0) is 16.6 Å². The van der Waals surface area contributed by atoms with Crippen LogP contribution in [0.1, 0.15) is 10.4 Å². The fourth-order valence-electron chi connectivity index (χ4n) is 2.96. The van der Waals surface area contributed by atoms with E-state index in [9.17, 15) is 14.4 Å². The summed E-state index contributed by atoms with van der Waals surface area (Å²) in [6, 6.07) is 10.4. The van der Waals surface area contributed by atoms with E-state index in [-0.39, 0.29) is 17.2 Å². The summed E-state index contributed by atoms with van der Waals surface area (Å²) in [5.41, 5.74) is 1.59. The molecule has 7 nitrogen and oxygen atoms in total. The van der Waals surface area contributed by atoms with E-state index in [2.05, 4.69) is 10.3 Å². The Morgan fingerprint density at radius 2 is 2.06 bits per heavy atom. The van der Waals surface area contributed by atoms with E-state index in [0.717, 1.165) is 10.4 Å². The Morgan fingerprint density at radius 1 is 1.23 bits per heavy atom. The van der Waals surface area contributed by atoms with Crippen molar-refractivity contribution in [3.8, 4) is 10.4 Å². The van der Waals surface area contributed by atoms with Crippen LogP contribution in [0.15, 0.2) is 57.1 Å². The predicted molar refractivity (Wildman–Crippen MR) is 125 cm³/mol. The molecular weight excluding hydrogens is 454 g/mol.